The minimum absolute atomic E-state index is 0.00841. The summed E-state index contributed by atoms with van der Waals surface area (Å²) in [5.74, 6) is 0. The van der Waals surface area contributed by atoms with Gasteiger partial charge in [-0.25, -0.2) is 18.4 Å². The normalized spacial score (nSPS) is 12.0. The van der Waals surface area contributed by atoms with Gasteiger partial charge in [0.2, 0.25) is 10.0 Å². The lowest BCUT2D eigenvalue weighted by molar-refractivity contribution is -0.384. The average molecular weight is 491 g/mol. The number of non-ortho nitro benzene ring substituents is 1. The van der Waals surface area contributed by atoms with Crippen LogP contribution in [-0.4, -0.2) is 49.8 Å². The summed E-state index contributed by atoms with van der Waals surface area (Å²) in [5, 5.41) is 11.0. The Balaban J connectivity index is 1.43. The molecule has 178 valence electrons. The molecule has 35 heavy (non-hydrogen) atoms. The van der Waals surface area contributed by atoms with E-state index in [0.29, 0.717) is 13.1 Å². The van der Waals surface area contributed by atoms with E-state index in [2.05, 4.69) is 9.97 Å². The smallest absolute Gasteiger partial charge is 0.269 e. The van der Waals surface area contributed by atoms with Crippen LogP contribution in [0.1, 0.15) is 0 Å². The summed E-state index contributed by atoms with van der Waals surface area (Å²) < 4.78 is 32.4. The van der Waals surface area contributed by atoms with Crippen molar-refractivity contribution in [3.8, 4) is 0 Å². The van der Waals surface area contributed by atoms with E-state index in [1.807, 2.05) is 57.7 Å². The van der Waals surface area contributed by atoms with Crippen LogP contribution in [0.5, 0.6) is 0 Å². The molecule has 3 aromatic carbocycles. The van der Waals surface area contributed by atoms with Crippen molar-refractivity contribution >= 4 is 37.8 Å². The molecule has 2 heterocycles. The van der Waals surface area contributed by atoms with Crippen molar-refractivity contribution in [1.29, 1.82) is 0 Å². The topological polar surface area (TPSA) is 116 Å². The number of rotatable bonds is 9. The third-order valence-electron chi connectivity index (χ3n) is 5.92. The number of imidazole rings is 2. The summed E-state index contributed by atoms with van der Waals surface area (Å²) in [5.41, 5.74) is 3.34. The fourth-order valence-electron chi connectivity index (χ4n) is 4.06. The molecule has 0 bridgehead atoms. The molecule has 0 fully saturated rings. The molecule has 0 N–H and O–H groups in total. The van der Waals surface area contributed by atoms with Crippen molar-refractivity contribution < 1.29 is 13.3 Å². The number of hydrogen-bond donors (Lipinski definition) is 0. The Morgan fingerprint density at radius 2 is 1.26 bits per heavy atom. The molecule has 0 aliphatic carbocycles. The molecular formula is C24H22N6O4S. The minimum atomic E-state index is -3.91. The van der Waals surface area contributed by atoms with Gasteiger partial charge in [-0.3, -0.25) is 10.1 Å². The van der Waals surface area contributed by atoms with Crippen LogP contribution in [0.15, 0.2) is 90.3 Å². The molecule has 11 heteroatoms. The van der Waals surface area contributed by atoms with E-state index in [4.69, 9.17) is 0 Å². The second kappa shape index (κ2) is 9.28. The molecule has 0 aliphatic heterocycles. The Morgan fingerprint density at radius 3 is 1.74 bits per heavy atom. The molecule has 0 unspecified atom stereocenters. The number of para-hydroxylation sites is 4. The molecule has 2 aromatic heterocycles. The van der Waals surface area contributed by atoms with E-state index in [9.17, 15) is 18.5 Å². The lowest BCUT2D eigenvalue weighted by Gasteiger charge is -2.23. The minimum Gasteiger partial charge on any atom is -0.329 e. The summed E-state index contributed by atoms with van der Waals surface area (Å²) in [6, 6.07) is 20.3. The molecule has 0 saturated heterocycles. The molecule has 0 aliphatic rings. The maximum Gasteiger partial charge on any atom is 0.269 e. The number of nitro benzene ring substituents is 1. The van der Waals surface area contributed by atoms with Crippen molar-refractivity contribution in [3.05, 3.63) is 95.6 Å². The zero-order valence-corrected chi connectivity index (χ0v) is 19.5. The maximum atomic E-state index is 13.6. The third kappa shape index (κ3) is 4.51. The number of fused-ring (bicyclic) bond motifs is 2. The zero-order chi connectivity index (χ0) is 24.4. The number of sulfonamides is 1. The van der Waals surface area contributed by atoms with E-state index >= 15 is 0 Å². The van der Waals surface area contributed by atoms with Crippen molar-refractivity contribution in [1.82, 2.24) is 23.4 Å². The van der Waals surface area contributed by atoms with Gasteiger partial charge in [0.25, 0.3) is 5.69 Å². The summed E-state index contributed by atoms with van der Waals surface area (Å²) >= 11 is 0. The number of nitrogens with zero attached hydrogens (tertiary/aromatic N) is 6. The maximum absolute atomic E-state index is 13.6. The average Bonchev–Trinajstić information content (AvgIpc) is 3.48. The number of nitro groups is 1. The molecule has 5 rings (SSSR count). The van der Waals surface area contributed by atoms with Crippen LogP contribution < -0.4 is 0 Å². The van der Waals surface area contributed by atoms with E-state index < -0.39 is 14.9 Å². The van der Waals surface area contributed by atoms with Crippen LogP contribution in [0, 0.1) is 10.1 Å². The quantitative estimate of drug-likeness (QED) is 0.230. The first-order valence-electron chi connectivity index (χ1n) is 11.0. The second-order valence-corrected chi connectivity index (χ2v) is 9.95. The predicted octanol–water partition coefficient (Wildman–Crippen LogP) is 3.69. The largest absolute Gasteiger partial charge is 0.329 e. The van der Waals surface area contributed by atoms with Gasteiger partial charge < -0.3 is 9.13 Å². The Kier molecular flexibility index (Phi) is 6.01. The molecular weight excluding hydrogens is 468 g/mol. The van der Waals surface area contributed by atoms with Crippen LogP contribution >= 0.6 is 0 Å². The number of aromatic nitrogens is 4. The first-order valence-corrected chi connectivity index (χ1v) is 12.4. The Hall–Kier alpha value is -4.09. The van der Waals surface area contributed by atoms with E-state index in [1.165, 1.54) is 28.6 Å². The number of benzene rings is 3. The molecule has 0 radical (unpaired) electrons. The highest BCUT2D eigenvalue weighted by Gasteiger charge is 2.25. The highest BCUT2D eigenvalue weighted by molar-refractivity contribution is 7.89. The Bertz CT molecular complexity index is 1530. The van der Waals surface area contributed by atoms with Crippen molar-refractivity contribution in [3.63, 3.8) is 0 Å². The highest BCUT2D eigenvalue weighted by atomic mass is 32.2. The van der Waals surface area contributed by atoms with E-state index in [-0.39, 0.29) is 23.7 Å². The first-order chi connectivity index (χ1) is 16.9. The summed E-state index contributed by atoms with van der Waals surface area (Å²) in [7, 11) is -3.91. The fraction of sp³-hybridized carbons (Fsp3) is 0.167. The third-order valence-corrected chi connectivity index (χ3v) is 7.83. The summed E-state index contributed by atoms with van der Waals surface area (Å²) in [6.07, 6.45) is 3.40. The van der Waals surface area contributed by atoms with Crippen LogP contribution in [0.2, 0.25) is 0 Å². The molecule has 5 aromatic rings. The molecule has 0 saturated carbocycles. The molecule has 0 atom stereocenters. The summed E-state index contributed by atoms with van der Waals surface area (Å²) in [4.78, 5) is 19.2. The van der Waals surface area contributed by atoms with Crippen LogP contribution in [-0.2, 0) is 23.1 Å². The van der Waals surface area contributed by atoms with Crippen LogP contribution in [0.25, 0.3) is 22.1 Å². The zero-order valence-electron chi connectivity index (χ0n) is 18.6. The van der Waals surface area contributed by atoms with Crippen molar-refractivity contribution in [2.24, 2.45) is 0 Å². The Morgan fingerprint density at radius 1 is 0.771 bits per heavy atom. The van der Waals surface area contributed by atoms with Gasteiger partial charge in [-0.1, -0.05) is 24.3 Å². The lowest BCUT2D eigenvalue weighted by atomic mass is 10.3. The SMILES string of the molecule is O=[N+]([O-])c1ccc(S(=O)(=O)N(CCn2cnc3ccccc32)CCn2cnc3ccccc32)cc1. The number of hydrogen-bond acceptors (Lipinski definition) is 6. The summed E-state index contributed by atoms with van der Waals surface area (Å²) in [6.45, 7) is 1.20. The highest BCUT2D eigenvalue weighted by Crippen LogP contribution is 2.21. The van der Waals surface area contributed by atoms with E-state index in [0.717, 1.165) is 22.1 Å². The van der Waals surface area contributed by atoms with Gasteiger partial charge in [-0.05, 0) is 36.4 Å². The fourth-order valence-corrected chi connectivity index (χ4v) is 5.48. The van der Waals surface area contributed by atoms with Gasteiger partial charge in [-0.15, -0.1) is 0 Å². The first kappa shape index (κ1) is 22.7. The monoisotopic (exact) mass is 490 g/mol. The van der Waals surface area contributed by atoms with Crippen molar-refractivity contribution in [2.45, 2.75) is 18.0 Å². The standard InChI is InChI=1S/C24H22N6O4S/c31-30(32)19-9-11-20(12-10-19)35(33,34)29(15-13-27-17-25-21-5-1-3-7-23(21)27)16-14-28-18-26-22-6-2-4-8-24(22)28/h1-12,17-18H,13-16H2. The van der Waals surface area contributed by atoms with Gasteiger partial charge >= 0.3 is 0 Å². The molecule has 0 spiro atoms. The van der Waals surface area contributed by atoms with Gasteiger partial charge in [0.15, 0.2) is 0 Å². The van der Waals surface area contributed by atoms with Crippen LogP contribution in [0.4, 0.5) is 5.69 Å². The van der Waals surface area contributed by atoms with Gasteiger partial charge in [-0.2, -0.15) is 4.31 Å². The van der Waals surface area contributed by atoms with Gasteiger partial charge in [0, 0.05) is 38.3 Å². The van der Waals surface area contributed by atoms with Gasteiger partial charge in [0.05, 0.1) is 44.5 Å². The molecule has 0 amide bonds. The van der Waals surface area contributed by atoms with Gasteiger partial charge in [0.1, 0.15) is 0 Å². The molecule has 10 nitrogen and oxygen atoms in total. The Labute approximate surface area is 201 Å². The predicted molar refractivity (Wildman–Crippen MR) is 131 cm³/mol. The van der Waals surface area contributed by atoms with Crippen molar-refractivity contribution in [2.75, 3.05) is 13.1 Å². The lowest BCUT2D eigenvalue weighted by Crippen LogP contribution is -2.36. The van der Waals surface area contributed by atoms with Crippen LogP contribution in [0.3, 0.4) is 0 Å². The second-order valence-electron chi connectivity index (χ2n) is 8.01. The van der Waals surface area contributed by atoms with E-state index in [1.54, 1.807) is 12.7 Å².